The lowest BCUT2D eigenvalue weighted by Crippen LogP contribution is -2.67. The van der Waals surface area contributed by atoms with Gasteiger partial charge in [0.2, 0.25) is 0 Å². The largest absolute Gasteiger partial charge is 0.463 e. The van der Waals surface area contributed by atoms with Crippen molar-refractivity contribution in [3.8, 4) is 0 Å². The molecule has 1 N–H and O–H groups in total. The fraction of sp³-hybridized carbons (Fsp3) is 0.611. The zero-order chi connectivity index (χ0) is 22.0. The van der Waals surface area contributed by atoms with Crippen LogP contribution in [0.5, 0.6) is 0 Å². The topological polar surface area (TPSA) is 146 Å². The Morgan fingerprint density at radius 2 is 1.41 bits per heavy atom. The fourth-order valence-corrected chi connectivity index (χ4v) is 3.22. The maximum atomic E-state index is 12.6. The number of esters is 3. The normalized spacial score (nSPS) is 29.7. The van der Waals surface area contributed by atoms with E-state index < -0.39 is 67.0 Å². The summed E-state index contributed by atoms with van der Waals surface area (Å²) in [4.78, 5) is 60.4. The lowest BCUT2D eigenvalue weighted by atomic mass is 9.95. The van der Waals surface area contributed by atoms with Gasteiger partial charge in [0, 0.05) is 31.9 Å². The lowest BCUT2D eigenvalue weighted by Gasteiger charge is -2.45. The van der Waals surface area contributed by atoms with Crippen LogP contribution in [0.3, 0.4) is 0 Å². The van der Waals surface area contributed by atoms with Gasteiger partial charge in [-0.3, -0.25) is 28.9 Å². The van der Waals surface area contributed by atoms with E-state index in [9.17, 15) is 29.1 Å². The molecular formula is C18H23NO10. The van der Waals surface area contributed by atoms with Gasteiger partial charge >= 0.3 is 17.9 Å². The Labute approximate surface area is 166 Å². The van der Waals surface area contributed by atoms with Crippen LogP contribution in [0, 0.1) is 0 Å². The van der Waals surface area contributed by atoms with Gasteiger partial charge in [-0.05, 0) is 13.8 Å². The van der Waals surface area contributed by atoms with Crippen LogP contribution in [0.2, 0.25) is 0 Å². The molecule has 0 spiro atoms. The number of carbonyl (C=O) groups excluding carboxylic acids is 5. The minimum absolute atomic E-state index is 0.162. The molecule has 5 atom stereocenters. The molecule has 29 heavy (non-hydrogen) atoms. The van der Waals surface area contributed by atoms with Gasteiger partial charge < -0.3 is 24.1 Å². The number of ether oxygens (including phenoxy) is 4. The molecule has 2 rings (SSSR count). The van der Waals surface area contributed by atoms with Gasteiger partial charge in [0.15, 0.2) is 18.5 Å². The predicted octanol–water partition coefficient (Wildman–Crippen LogP) is -0.796. The summed E-state index contributed by atoms with van der Waals surface area (Å²) in [5, 5.41) is 10.5. The number of amides is 2. The molecule has 1 saturated heterocycles. The Bertz CT molecular complexity index is 749. The van der Waals surface area contributed by atoms with Crippen molar-refractivity contribution in [2.75, 3.05) is 6.61 Å². The lowest BCUT2D eigenvalue weighted by molar-refractivity contribution is -0.276. The van der Waals surface area contributed by atoms with Gasteiger partial charge in [-0.2, -0.15) is 0 Å². The Morgan fingerprint density at radius 3 is 1.86 bits per heavy atom. The molecule has 160 valence electrons. The Hall–Kier alpha value is -2.79. The van der Waals surface area contributed by atoms with E-state index in [1.165, 1.54) is 13.8 Å². The predicted molar refractivity (Wildman–Crippen MR) is 92.6 cm³/mol. The third kappa shape index (κ3) is 4.62. The zero-order valence-corrected chi connectivity index (χ0v) is 16.7. The molecule has 0 bridgehead atoms. The quantitative estimate of drug-likeness (QED) is 0.345. The molecule has 1 unspecified atom stereocenters. The first-order chi connectivity index (χ1) is 13.5. The second-order valence-corrected chi connectivity index (χ2v) is 6.74. The van der Waals surface area contributed by atoms with E-state index >= 15 is 0 Å². The molecule has 2 amide bonds. The second-order valence-electron chi connectivity index (χ2n) is 6.74. The Kier molecular flexibility index (Phi) is 6.75. The highest BCUT2D eigenvalue weighted by Crippen LogP contribution is 2.33. The van der Waals surface area contributed by atoms with Crippen LogP contribution in [0.25, 0.3) is 0 Å². The fourth-order valence-electron chi connectivity index (χ4n) is 3.22. The number of carbonyl (C=O) groups is 5. The number of aliphatic hydroxyl groups excluding tert-OH is 1. The number of aliphatic hydroxyl groups is 1. The summed E-state index contributed by atoms with van der Waals surface area (Å²) in [5.74, 6) is -3.63. The number of rotatable bonds is 5. The third-order valence-electron chi connectivity index (χ3n) is 4.63. The van der Waals surface area contributed by atoms with Crippen LogP contribution in [-0.2, 0) is 42.9 Å². The number of hydrogen-bond acceptors (Lipinski definition) is 10. The first-order valence-corrected chi connectivity index (χ1v) is 8.82. The van der Waals surface area contributed by atoms with Gasteiger partial charge in [-0.25, -0.2) is 0 Å². The monoisotopic (exact) mass is 413 g/mol. The maximum Gasteiger partial charge on any atom is 0.303 e. The zero-order valence-electron chi connectivity index (χ0n) is 16.7. The molecule has 2 aliphatic rings. The molecule has 1 fully saturated rings. The highest BCUT2D eigenvalue weighted by Gasteiger charge is 2.56. The average molecular weight is 413 g/mol. The average Bonchev–Trinajstić information content (AvgIpc) is 2.79. The SMILES string of the molecule is CC(=O)OC[C@H]1OC(O)[C@H](N2C(=O)C(C)=C(C)C2=O)[C@@H](OC(C)=O)[C@H]1OC(C)=O. The van der Waals surface area contributed by atoms with Gasteiger partial charge in [0.25, 0.3) is 11.8 Å². The van der Waals surface area contributed by atoms with Crippen LogP contribution in [0.4, 0.5) is 0 Å². The number of hydrogen-bond donors (Lipinski definition) is 1. The van der Waals surface area contributed by atoms with Crippen molar-refractivity contribution in [3.63, 3.8) is 0 Å². The molecule has 0 aromatic rings. The van der Waals surface area contributed by atoms with Crippen LogP contribution in [0.15, 0.2) is 11.1 Å². The molecule has 2 heterocycles. The first-order valence-electron chi connectivity index (χ1n) is 8.82. The molecule has 11 heteroatoms. The molecule has 2 aliphatic heterocycles. The summed E-state index contributed by atoms with van der Waals surface area (Å²) < 4.78 is 20.7. The minimum Gasteiger partial charge on any atom is -0.463 e. The molecular weight excluding hydrogens is 390 g/mol. The smallest absolute Gasteiger partial charge is 0.303 e. The van der Waals surface area contributed by atoms with Gasteiger partial charge in [0.1, 0.15) is 18.8 Å². The number of nitrogens with zero attached hydrogens (tertiary/aromatic N) is 1. The third-order valence-corrected chi connectivity index (χ3v) is 4.63. The Morgan fingerprint density at radius 1 is 0.931 bits per heavy atom. The van der Waals surface area contributed by atoms with Crippen molar-refractivity contribution in [3.05, 3.63) is 11.1 Å². The molecule has 0 aromatic heterocycles. The molecule has 11 nitrogen and oxygen atoms in total. The first kappa shape index (κ1) is 22.5. The molecule has 0 aliphatic carbocycles. The van der Waals surface area contributed by atoms with E-state index in [1.807, 2.05) is 0 Å². The number of imide groups is 1. The molecule has 0 radical (unpaired) electrons. The highest BCUT2D eigenvalue weighted by atomic mass is 16.7. The van der Waals surface area contributed by atoms with Crippen LogP contribution < -0.4 is 0 Å². The van der Waals surface area contributed by atoms with E-state index in [0.717, 1.165) is 25.7 Å². The van der Waals surface area contributed by atoms with E-state index in [4.69, 9.17) is 18.9 Å². The van der Waals surface area contributed by atoms with Crippen molar-refractivity contribution >= 4 is 29.7 Å². The summed E-state index contributed by atoms with van der Waals surface area (Å²) in [6.45, 7) is 5.78. The summed E-state index contributed by atoms with van der Waals surface area (Å²) in [6, 6.07) is -1.48. The van der Waals surface area contributed by atoms with E-state index in [-0.39, 0.29) is 11.1 Å². The maximum absolute atomic E-state index is 12.6. The summed E-state index contributed by atoms with van der Waals surface area (Å²) in [6.07, 6.45) is -5.81. The van der Waals surface area contributed by atoms with Crippen LogP contribution >= 0.6 is 0 Å². The van der Waals surface area contributed by atoms with Crippen molar-refractivity contribution in [2.24, 2.45) is 0 Å². The van der Waals surface area contributed by atoms with Crippen LogP contribution in [0.1, 0.15) is 34.6 Å². The highest BCUT2D eigenvalue weighted by molar-refractivity contribution is 6.19. The second kappa shape index (κ2) is 8.70. The van der Waals surface area contributed by atoms with Crippen LogP contribution in [-0.4, -0.2) is 77.0 Å². The van der Waals surface area contributed by atoms with E-state index in [2.05, 4.69) is 0 Å². The summed E-state index contributed by atoms with van der Waals surface area (Å²) >= 11 is 0. The minimum atomic E-state index is -1.79. The van der Waals surface area contributed by atoms with Gasteiger partial charge in [-0.15, -0.1) is 0 Å². The molecule has 0 saturated carbocycles. The van der Waals surface area contributed by atoms with E-state index in [0.29, 0.717) is 0 Å². The van der Waals surface area contributed by atoms with Crippen molar-refractivity contribution in [2.45, 2.75) is 65.3 Å². The van der Waals surface area contributed by atoms with E-state index in [1.54, 1.807) is 0 Å². The van der Waals surface area contributed by atoms with Crippen molar-refractivity contribution in [1.29, 1.82) is 0 Å². The standard InChI is InChI=1S/C18H23NO10/c1-7-8(2)17(24)19(16(7)23)13-15(28-11(5)22)14(27-10(4)21)12(29-18(13)25)6-26-9(3)20/h12-15,18,25H,6H2,1-5H3/t12-,13-,14+,15-,18?/m1/s1. The van der Waals surface area contributed by atoms with Gasteiger partial charge in [-0.1, -0.05) is 0 Å². The van der Waals surface area contributed by atoms with Gasteiger partial charge in [0.05, 0.1) is 0 Å². The Balaban J connectivity index is 2.46. The van der Waals surface area contributed by atoms with Crippen molar-refractivity contribution < 1.29 is 48.0 Å². The summed E-state index contributed by atoms with van der Waals surface area (Å²) in [5.41, 5.74) is 0.324. The van der Waals surface area contributed by atoms with Crippen molar-refractivity contribution in [1.82, 2.24) is 4.90 Å². The molecule has 0 aromatic carbocycles. The summed E-state index contributed by atoms with van der Waals surface area (Å²) in [7, 11) is 0.